The van der Waals surface area contributed by atoms with Gasteiger partial charge in [-0.1, -0.05) is 30.9 Å². The Labute approximate surface area is 130 Å². The van der Waals surface area contributed by atoms with E-state index in [9.17, 15) is 0 Å². The molecule has 1 aromatic carbocycles. The van der Waals surface area contributed by atoms with E-state index in [1.54, 1.807) is 0 Å². The molecule has 3 nitrogen and oxygen atoms in total. The van der Waals surface area contributed by atoms with Crippen molar-refractivity contribution in [1.29, 1.82) is 0 Å². The van der Waals surface area contributed by atoms with Crippen molar-refractivity contribution in [2.75, 3.05) is 5.88 Å². The lowest BCUT2D eigenvalue weighted by Crippen LogP contribution is -2.06. The summed E-state index contributed by atoms with van der Waals surface area (Å²) in [7, 11) is 0. The lowest BCUT2D eigenvalue weighted by atomic mass is 10.2. The summed E-state index contributed by atoms with van der Waals surface area (Å²) in [5, 5.41) is 4.52. The predicted molar refractivity (Wildman–Crippen MR) is 85.7 cm³/mol. The molecule has 0 atom stereocenters. The zero-order valence-electron chi connectivity index (χ0n) is 12.4. The number of hydrogen-bond donors (Lipinski definition) is 0. The van der Waals surface area contributed by atoms with Crippen LogP contribution in [-0.4, -0.2) is 15.7 Å². The van der Waals surface area contributed by atoms with Gasteiger partial charge in [0, 0.05) is 6.54 Å². The zero-order chi connectivity index (χ0) is 15.1. The minimum atomic E-state index is 0.316. The molecule has 2 aromatic rings. The molecule has 0 aliphatic carbocycles. The summed E-state index contributed by atoms with van der Waals surface area (Å²) >= 11 is 5.61. The van der Waals surface area contributed by atoms with Crippen LogP contribution in [0.4, 0.5) is 0 Å². The molecule has 0 spiro atoms. The quantitative estimate of drug-likeness (QED) is 0.623. The molecule has 1 aromatic heterocycles. The van der Waals surface area contributed by atoms with Gasteiger partial charge in [0.15, 0.2) is 0 Å². The highest BCUT2D eigenvalue weighted by Crippen LogP contribution is 2.18. The van der Waals surface area contributed by atoms with Crippen molar-refractivity contribution in [3.05, 3.63) is 47.3 Å². The second kappa shape index (κ2) is 7.75. The lowest BCUT2D eigenvalue weighted by Gasteiger charge is -2.09. The molecule has 0 radical (unpaired) electrons. The number of rotatable bonds is 5. The van der Waals surface area contributed by atoms with Crippen molar-refractivity contribution in [1.82, 2.24) is 9.78 Å². The Morgan fingerprint density at radius 1 is 1.29 bits per heavy atom. The number of para-hydroxylation sites is 1. The molecule has 0 saturated carbocycles. The summed E-state index contributed by atoms with van der Waals surface area (Å²) in [4.78, 5) is 0. The maximum atomic E-state index is 5.91. The number of ether oxygens (including phenoxy) is 1. The summed E-state index contributed by atoms with van der Waals surface area (Å²) in [5.74, 6) is 6.96. The summed E-state index contributed by atoms with van der Waals surface area (Å²) in [6.07, 6.45) is 0.928. The fourth-order valence-electron chi connectivity index (χ4n) is 2.05. The number of aromatic nitrogens is 2. The molecule has 0 N–H and O–H groups in total. The van der Waals surface area contributed by atoms with Crippen LogP contribution in [0, 0.1) is 11.8 Å². The molecule has 0 aliphatic rings. The van der Waals surface area contributed by atoms with Gasteiger partial charge in [0.2, 0.25) is 0 Å². The van der Waals surface area contributed by atoms with Crippen molar-refractivity contribution >= 4 is 11.6 Å². The van der Waals surface area contributed by atoms with Gasteiger partial charge < -0.3 is 4.74 Å². The Hall–Kier alpha value is -1.92. The minimum Gasteiger partial charge on any atom is -0.486 e. The van der Waals surface area contributed by atoms with Crippen LogP contribution in [0.1, 0.15) is 30.8 Å². The lowest BCUT2D eigenvalue weighted by molar-refractivity contribution is 0.291. The molecule has 4 heteroatoms. The Morgan fingerprint density at radius 3 is 2.81 bits per heavy atom. The molecular formula is C17H19ClN2O. The molecule has 1 heterocycles. The second-order valence-corrected chi connectivity index (χ2v) is 4.78. The van der Waals surface area contributed by atoms with Gasteiger partial charge in [-0.2, -0.15) is 5.10 Å². The number of aryl methyl sites for hydroxylation is 2. The van der Waals surface area contributed by atoms with Gasteiger partial charge in [-0.05, 0) is 31.5 Å². The van der Waals surface area contributed by atoms with Crippen molar-refractivity contribution in [3.8, 4) is 17.6 Å². The Bertz CT molecular complexity index is 652. The van der Waals surface area contributed by atoms with Crippen molar-refractivity contribution in [2.45, 2.75) is 33.4 Å². The van der Waals surface area contributed by atoms with E-state index < -0.39 is 0 Å². The van der Waals surface area contributed by atoms with E-state index in [0.717, 1.165) is 35.7 Å². The standard InChI is InChI=1S/C17H19ClN2O/c1-3-15-12-16(20(4-2)19-15)13-21-17-10-6-5-8-14(17)9-7-11-18/h5-6,8,10,12H,3-4,11,13H2,1-2H3. The molecule has 0 aliphatic heterocycles. The number of halogens is 1. The first-order valence-electron chi connectivity index (χ1n) is 7.10. The number of hydrogen-bond acceptors (Lipinski definition) is 2. The van der Waals surface area contributed by atoms with E-state index in [-0.39, 0.29) is 0 Å². The van der Waals surface area contributed by atoms with Gasteiger partial charge in [-0.25, -0.2) is 0 Å². The largest absolute Gasteiger partial charge is 0.486 e. The van der Waals surface area contributed by atoms with E-state index in [1.807, 2.05) is 28.9 Å². The van der Waals surface area contributed by atoms with Gasteiger partial charge in [0.1, 0.15) is 12.4 Å². The van der Waals surface area contributed by atoms with Crippen molar-refractivity contribution in [2.24, 2.45) is 0 Å². The highest BCUT2D eigenvalue weighted by atomic mass is 35.5. The van der Waals surface area contributed by atoms with Crippen molar-refractivity contribution < 1.29 is 4.74 Å². The highest BCUT2D eigenvalue weighted by molar-refractivity contribution is 6.19. The summed E-state index contributed by atoms with van der Waals surface area (Å²) in [5.41, 5.74) is 3.02. The molecule has 0 fully saturated rings. The van der Waals surface area contributed by atoms with E-state index in [1.165, 1.54) is 0 Å². The van der Waals surface area contributed by atoms with E-state index in [0.29, 0.717) is 12.5 Å². The maximum absolute atomic E-state index is 5.91. The average molecular weight is 303 g/mol. The smallest absolute Gasteiger partial charge is 0.135 e. The van der Waals surface area contributed by atoms with Gasteiger partial charge >= 0.3 is 0 Å². The molecule has 2 rings (SSSR count). The Balaban J connectivity index is 2.15. The molecule has 110 valence electrons. The fourth-order valence-corrected chi connectivity index (χ4v) is 2.12. The van der Waals surface area contributed by atoms with Crippen LogP contribution in [0.25, 0.3) is 0 Å². The molecule has 0 unspecified atom stereocenters. The first-order chi connectivity index (χ1) is 10.3. The van der Waals surface area contributed by atoms with E-state index in [4.69, 9.17) is 16.3 Å². The summed E-state index contributed by atoms with van der Waals surface area (Å²) < 4.78 is 7.89. The zero-order valence-corrected chi connectivity index (χ0v) is 13.2. The summed E-state index contributed by atoms with van der Waals surface area (Å²) in [6, 6.07) is 9.83. The third-order valence-electron chi connectivity index (χ3n) is 3.13. The van der Waals surface area contributed by atoms with Crippen LogP contribution in [0.3, 0.4) is 0 Å². The van der Waals surface area contributed by atoms with Gasteiger partial charge in [-0.15, -0.1) is 11.6 Å². The first kappa shape index (κ1) is 15.5. The normalized spacial score (nSPS) is 10.0. The fraction of sp³-hybridized carbons (Fsp3) is 0.353. The van der Waals surface area contributed by atoms with Crippen LogP contribution >= 0.6 is 11.6 Å². The Morgan fingerprint density at radius 2 is 2.10 bits per heavy atom. The predicted octanol–water partition coefficient (Wildman–Crippen LogP) is 3.63. The average Bonchev–Trinajstić information content (AvgIpc) is 2.94. The van der Waals surface area contributed by atoms with Gasteiger partial charge in [0.05, 0.1) is 22.8 Å². The number of nitrogens with zero attached hydrogens (tertiary/aromatic N) is 2. The third-order valence-corrected chi connectivity index (χ3v) is 3.26. The molecule has 21 heavy (non-hydrogen) atoms. The van der Waals surface area contributed by atoms with Crippen LogP contribution in [0.5, 0.6) is 5.75 Å². The van der Waals surface area contributed by atoms with Crippen LogP contribution < -0.4 is 4.74 Å². The first-order valence-corrected chi connectivity index (χ1v) is 7.64. The number of benzene rings is 1. The molecular weight excluding hydrogens is 284 g/mol. The van der Waals surface area contributed by atoms with Gasteiger partial charge in [0.25, 0.3) is 0 Å². The van der Waals surface area contributed by atoms with Crippen LogP contribution in [-0.2, 0) is 19.6 Å². The third kappa shape index (κ3) is 4.03. The van der Waals surface area contributed by atoms with Gasteiger partial charge in [-0.3, -0.25) is 4.68 Å². The van der Waals surface area contributed by atoms with E-state index in [2.05, 4.69) is 36.9 Å². The minimum absolute atomic E-state index is 0.316. The second-order valence-electron chi connectivity index (χ2n) is 4.52. The SMILES string of the molecule is CCc1cc(COc2ccccc2C#CCCl)n(CC)n1. The monoisotopic (exact) mass is 302 g/mol. The number of alkyl halides is 1. The van der Waals surface area contributed by atoms with Crippen LogP contribution in [0.2, 0.25) is 0 Å². The van der Waals surface area contributed by atoms with Crippen molar-refractivity contribution in [3.63, 3.8) is 0 Å². The Kier molecular flexibility index (Phi) is 5.71. The molecule has 0 saturated heterocycles. The summed E-state index contributed by atoms with van der Waals surface area (Å²) in [6.45, 7) is 5.51. The maximum Gasteiger partial charge on any atom is 0.135 e. The topological polar surface area (TPSA) is 27.1 Å². The molecule has 0 bridgehead atoms. The van der Waals surface area contributed by atoms with E-state index >= 15 is 0 Å². The molecule has 0 amide bonds. The van der Waals surface area contributed by atoms with Crippen LogP contribution in [0.15, 0.2) is 30.3 Å². The highest BCUT2D eigenvalue weighted by Gasteiger charge is 2.07.